The minimum absolute atomic E-state index is 0. The van der Waals surface area contributed by atoms with Crippen molar-refractivity contribution in [2.45, 2.75) is 50.6 Å². The van der Waals surface area contributed by atoms with E-state index in [0.29, 0.717) is 18.0 Å². The van der Waals surface area contributed by atoms with Crippen LogP contribution in [0.4, 0.5) is 8.78 Å². The van der Waals surface area contributed by atoms with Gasteiger partial charge in [0.2, 0.25) is 0 Å². The fraction of sp³-hybridized carbons (Fsp3) is 0.429. The average molecular weight is 430 g/mol. The maximum atomic E-state index is 13.1. The van der Waals surface area contributed by atoms with Crippen molar-refractivity contribution in [2.75, 3.05) is 7.11 Å². The Labute approximate surface area is 213 Å². The van der Waals surface area contributed by atoms with Crippen molar-refractivity contribution in [1.82, 2.24) is 9.78 Å². The fourth-order valence-corrected chi connectivity index (χ4v) is 2.63. The predicted molar refractivity (Wildman–Crippen MR) is 104 cm³/mol. The molecule has 0 aliphatic heterocycles. The average Bonchev–Trinajstić information content (AvgIpc) is 3.42. The van der Waals surface area contributed by atoms with Crippen molar-refractivity contribution >= 4 is 6.29 Å². The third-order valence-electron chi connectivity index (χ3n) is 4.29. The molecular formula is C21H26F2KN3O2-2. The van der Waals surface area contributed by atoms with Crippen molar-refractivity contribution in [2.24, 2.45) is 5.73 Å². The van der Waals surface area contributed by atoms with Crippen LogP contribution in [0.1, 0.15) is 49.1 Å². The molecule has 0 bridgehead atoms. The predicted octanol–water partition coefficient (Wildman–Crippen LogP) is 0.785. The van der Waals surface area contributed by atoms with Crippen LogP contribution in [0.15, 0.2) is 30.3 Å². The van der Waals surface area contributed by atoms with Gasteiger partial charge in [-0.25, -0.2) is 6.29 Å². The van der Waals surface area contributed by atoms with Crippen molar-refractivity contribution in [3.63, 3.8) is 0 Å². The first-order valence-corrected chi connectivity index (χ1v) is 9.13. The molecule has 1 saturated carbocycles. The normalized spacial score (nSPS) is 14.1. The molecule has 0 amide bonds. The summed E-state index contributed by atoms with van der Waals surface area (Å²) in [5.41, 5.74) is 7.28. The molecule has 1 heterocycles. The van der Waals surface area contributed by atoms with E-state index in [1.165, 1.54) is 6.07 Å². The molecule has 154 valence electrons. The van der Waals surface area contributed by atoms with Crippen LogP contribution in [0.5, 0.6) is 5.75 Å². The summed E-state index contributed by atoms with van der Waals surface area (Å²) in [5.74, 6) is -1.80. The van der Waals surface area contributed by atoms with Gasteiger partial charge in [0.25, 0.3) is 5.92 Å². The summed E-state index contributed by atoms with van der Waals surface area (Å²) < 4.78 is 32.4. The minimum Gasteiger partial charge on any atom is -0.540 e. The number of hydrogen-bond acceptors (Lipinski definition) is 4. The van der Waals surface area contributed by atoms with Gasteiger partial charge in [0.1, 0.15) is 5.69 Å². The van der Waals surface area contributed by atoms with Crippen LogP contribution >= 0.6 is 0 Å². The number of ether oxygens (including phenoxy) is 1. The molecule has 8 heteroatoms. The van der Waals surface area contributed by atoms with E-state index in [0.717, 1.165) is 35.8 Å². The van der Waals surface area contributed by atoms with Gasteiger partial charge in [0.05, 0.1) is 18.6 Å². The van der Waals surface area contributed by atoms with E-state index in [4.69, 9.17) is 10.5 Å². The zero-order chi connectivity index (χ0) is 20.7. The van der Waals surface area contributed by atoms with Gasteiger partial charge >= 0.3 is 51.4 Å². The van der Waals surface area contributed by atoms with Crippen molar-refractivity contribution < 1.29 is 69.7 Å². The molecule has 0 radical (unpaired) electrons. The van der Waals surface area contributed by atoms with E-state index >= 15 is 0 Å². The maximum absolute atomic E-state index is 13.1. The number of methoxy groups -OCH3 is 1. The fourth-order valence-electron chi connectivity index (χ4n) is 2.63. The Morgan fingerprint density at radius 1 is 1.45 bits per heavy atom. The summed E-state index contributed by atoms with van der Waals surface area (Å²) >= 11 is 0. The number of nitrogens with two attached hydrogens (primary N) is 1. The van der Waals surface area contributed by atoms with Gasteiger partial charge in [-0.1, -0.05) is 6.54 Å². The van der Waals surface area contributed by atoms with Crippen molar-refractivity contribution in [1.29, 1.82) is 0 Å². The molecule has 1 atom stereocenters. The molecular weight excluding hydrogens is 403 g/mol. The summed E-state index contributed by atoms with van der Waals surface area (Å²) in [7, 11) is 1.65. The standard InChI is InChI=1S/C11H15NO.C10H11F2N2O.K/c1-3-10(12)7-9-5-4-6-11(8-9)13-2;1-10(11,12)9-6-8(7-2-3-7)13-14(9)4-5-15;/h4-8,10H,1,3,12H2,2H3;6-7H,2-4H2,1H3;/q-2;-1;+1/t10-;;/m1../s1. The topological polar surface area (TPSA) is 70.1 Å². The van der Waals surface area contributed by atoms with E-state index in [1.54, 1.807) is 13.4 Å². The van der Waals surface area contributed by atoms with Crippen molar-refractivity contribution in [3.8, 4) is 5.75 Å². The second kappa shape index (κ2) is 12.2. The Morgan fingerprint density at radius 3 is 2.66 bits per heavy atom. The van der Waals surface area contributed by atoms with Crippen LogP contribution < -0.4 is 61.9 Å². The smallest absolute Gasteiger partial charge is 0.540 e. The molecule has 1 aliphatic carbocycles. The minimum atomic E-state index is -2.96. The Morgan fingerprint density at radius 2 is 2.14 bits per heavy atom. The number of nitrogens with zero attached hydrogens (tertiary/aromatic N) is 2. The molecule has 1 aromatic heterocycles. The van der Waals surface area contributed by atoms with Gasteiger partial charge in [0, 0.05) is 12.8 Å². The van der Waals surface area contributed by atoms with E-state index in [1.807, 2.05) is 30.7 Å². The van der Waals surface area contributed by atoms with Gasteiger partial charge in [-0.15, -0.1) is 12.1 Å². The summed E-state index contributed by atoms with van der Waals surface area (Å²) in [6.07, 6.45) is 6.27. The number of halogens is 2. The van der Waals surface area contributed by atoms with Crippen LogP contribution in [0, 0.1) is 13.3 Å². The van der Waals surface area contributed by atoms with Crippen LogP contribution in [-0.4, -0.2) is 29.2 Å². The quantitative estimate of drug-likeness (QED) is 0.498. The molecule has 1 aromatic carbocycles. The molecule has 0 unspecified atom stereocenters. The van der Waals surface area contributed by atoms with E-state index in [2.05, 4.69) is 12.0 Å². The first-order chi connectivity index (χ1) is 13.3. The van der Waals surface area contributed by atoms with Crippen LogP contribution in [0.2, 0.25) is 0 Å². The molecule has 2 aromatic rings. The van der Waals surface area contributed by atoms with Crippen molar-refractivity contribution in [3.05, 3.63) is 60.6 Å². The summed E-state index contributed by atoms with van der Waals surface area (Å²) in [6.45, 7) is 4.31. The van der Waals surface area contributed by atoms with Gasteiger partial charge in [0.15, 0.2) is 0 Å². The largest absolute Gasteiger partial charge is 1.00 e. The second-order valence-corrected chi connectivity index (χ2v) is 6.81. The molecule has 5 nitrogen and oxygen atoms in total. The van der Waals surface area contributed by atoms with Crippen LogP contribution in [0.25, 0.3) is 0 Å². The Bertz CT molecular complexity index is 774. The number of carbonyl (C=O) groups excluding carboxylic acids is 1. The number of hydrogen-bond donors (Lipinski definition) is 1. The number of rotatable bonds is 8. The third kappa shape index (κ3) is 8.47. The second-order valence-electron chi connectivity index (χ2n) is 6.81. The maximum Gasteiger partial charge on any atom is 1.00 e. The molecule has 0 saturated heterocycles. The molecule has 1 fully saturated rings. The van der Waals surface area contributed by atoms with Crippen LogP contribution in [0.3, 0.4) is 0 Å². The summed E-state index contributed by atoms with van der Waals surface area (Å²) in [6, 6.07) is 9.22. The SMILES string of the molecule is CC(F)(F)c1cc(C2CC2)nn1C[C-]=O.[CH2-]C[C@@H](N)[CH-]c1cccc(OC)c1.[K+]. The number of alkyl halides is 2. The molecule has 0 spiro atoms. The number of aromatic nitrogens is 2. The summed E-state index contributed by atoms with van der Waals surface area (Å²) in [5, 5.41) is 4.00. The Hall–Kier alpha value is -0.774. The Balaban J connectivity index is 0.000000284. The van der Waals surface area contributed by atoms with E-state index < -0.39 is 5.92 Å². The zero-order valence-electron chi connectivity index (χ0n) is 17.2. The van der Waals surface area contributed by atoms with Gasteiger partial charge in [-0.3, -0.25) is 4.68 Å². The Kier molecular flexibility index (Phi) is 11.0. The van der Waals surface area contributed by atoms with E-state index in [9.17, 15) is 13.6 Å². The first-order valence-electron chi connectivity index (χ1n) is 9.13. The van der Waals surface area contributed by atoms with Gasteiger partial charge in [-0.05, 0) is 31.0 Å². The third-order valence-corrected chi connectivity index (χ3v) is 4.29. The molecule has 1 aliphatic rings. The first kappa shape index (κ1) is 26.3. The van der Waals surface area contributed by atoms with Crippen LogP contribution in [-0.2, 0) is 17.3 Å². The van der Waals surface area contributed by atoms with Gasteiger partial charge < -0.3 is 22.2 Å². The molecule has 3 rings (SSSR count). The number of benzene rings is 1. The zero-order valence-corrected chi connectivity index (χ0v) is 20.3. The molecule has 2 N–H and O–H groups in total. The molecule has 29 heavy (non-hydrogen) atoms. The van der Waals surface area contributed by atoms with E-state index in [-0.39, 0.29) is 69.7 Å². The summed E-state index contributed by atoms with van der Waals surface area (Å²) in [4.78, 5) is 10.2. The monoisotopic (exact) mass is 429 g/mol. The van der Waals surface area contributed by atoms with Gasteiger partial charge in [-0.2, -0.15) is 38.4 Å².